The van der Waals surface area contributed by atoms with Gasteiger partial charge >= 0.3 is 5.97 Å². The molecular formula is C32H74N3O7Y-. The molecule has 3 atom stereocenters. The van der Waals surface area contributed by atoms with Crippen LogP contribution in [-0.2, 0) is 66.2 Å². The molecule has 0 saturated carbocycles. The fraction of sp³-hybridized carbons (Fsp3) is 0.781. The first-order valence-electron chi connectivity index (χ1n) is 11.5. The SMILES string of the molecule is C.C.C.C.C.C.C.C.CCC(=O)CC(CC(C)=O)NC(=O)CC(CC(=O)OC)NC.[CH2-]C(=O)CC(CC(=O)CC)NC.[Y]. The number of ketones is 4. The second kappa shape index (κ2) is 44.9. The van der Waals surface area contributed by atoms with Gasteiger partial charge in [-0.2, -0.15) is 0 Å². The van der Waals surface area contributed by atoms with Crippen molar-refractivity contribution in [3.8, 4) is 0 Å². The average Bonchev–Trinajstić information content (AvgIpc) is 2.77. The molecule has 0 aliphatic rings. The monoisotopic (exact) mass is 701 g/mol. The van der Waals surface area contributed by atoms with E-state index in [0.29, 0.717) is 25.7 Å². The minimum Gasteiger partial charge on any atom is -0.469 e. The molecule has 1 radical (unpaired) electrons. The van der Waals surface area contributed by atoms with Gasteiger partial charge < -0.3 is 32.4 Å². The molecule has 0 aromatic rings. The largest absolute Gasteiger partial charge is 0.469 e. The number of Topliss-reactive ketones (excluding diaryl/α,β-unsaturated/α-hetero) is 4. The van der Waals surface area contributed by atoms with Crippen molar-refractivity contribution in [2.75, 3.05) is 21.2 Å². The van der Waals surface area contributed by atoms with Gasteiger partial charge in [-0.25, -0.2) is 0 Å². The van der Waals surface area contributed by atoms with Crippen LogP contribution < -0.4 is 16.0 Å². The number of carbonyl (C=O) groups is 6. The van der Waals surface area contributed by atoms with Crippen molar-refractivity contribution < 1.29 is 66.2 Å². The zero-order valence-corrected chi connectivity index (χ0v) is 24.9. The van der Waals surface area contributed by atoms with Gasteiger partial charge in [0.15, 0.2) is 0 Å². The summed E-state index contributed by atoms with van der Waals surface area (Å²) in [5.74, 6) is -0.763. The molecule has 263 valence electrons. The molecule has 0 aromatic carbocycles. The van der Waals surface area contributed by atoms with Gasteiger partial charge in [0.05, 0.1) is 13.5 Å². The van der Waals surface area contributed by atoms with Gasteiger partial charge in [0, 0.05) is 89.4 Å². The van der Waals surface area contributed by atoms with E-state index in [-0.39, 0.29) is 159 Å². The Labute approximate surface area is 293 Å². The van der Waals surface area contributed by atoms with Gasteiger partial charge in [-0.1, -0.05) is 73.3 Å². The van der Waals surface area contributed by atoms with Crippen molar-refractivity contribution in [3.63, 3.8) is 0 Å². The van der Waals surface area contributed by atoms with E-state index in [2.05, 4.69) is 27.6 Å². The Kier molecular flexibility index (Phi) is 76.5. The molecule has 0 spiro atoms. The van der Waals surface area contributed by atoms with Crippen LogP contribution in [0.25, 0.3) is 0 Å². The maximum atomic E-state index is 12.0. The zero-order chi connectivity index (χ0) is 26.7. The fourth-order valence-electron chi connectivity index (χ4n) is 2.98. The van der Waals surface area contributed by atoms with Crippen molar-refractivity contribution in [2.24, 2.45) is 0 Å². The molecule has 0 saturated heterocycles. The number of ether oxygens (including phenoxy) is 1. The summed E-state index contributed by atoms with van der Waals surface area (Å²) in [7, 11) is 4.68. The predicted molar refractivity (Wildman–Crippen MR) is 183 cm³/mol. The topological polar surface area (TPSA) is 148 Å². The van der Waals surface area contributed by atoms with Gasteiger partial charge in [-0.05, 0) is 33.2 Å². The maximum absolute atomic E-state index is 12.0. The summed E-state index contributed by atoms with van der Waals surface area (Å²) in [6.45, 7) is 8.25. The number of nitrogens with one attached hydrogen (secondary N) is 3. The third-order valence-electron chi connectivity index (χ3n) is 5.00. The van der Waals surface area contributed by atoms with E-state index in [1.807, 2.05) is 6.92 Å². The molecular weight excluding hydrogens is 627 g/mol. The Morgan fingerprint density at radius 3 is 1.30 bits per heavy atom. The van der Waals surface area contributed by atoms with Crippen molar-refractivity contribution in [1.29, 1.82) is 0 Å². The Bertz CT molecular complexity index is 690. The average molecular weight is 702 g/mol. The number of hydrogen-bond donors (Lipinski definition) is 3. The van der Waals surface area contributed by atoms with Gasteiger partial charge in [0.25, 0.3) is 0 Å². The normalized spacial score (nSPS) is 10.2. The fourth-order valence-corrected chi connectivity index (χ4v) is 2.98. The van der Waals surface area contributed by atoms with Crippen LogP contribution in [0.1, 0.15) is 132 Å². The molecule has 0 bridgehead atoms. The van der Waals surface area contributed by atoms with E-state index < -0.39 is 12.0 Å². The van der Waals surface area contributed by atoms with Gasteiger partial charge in [0.1, 0.15) is 17.3 Å². The third kappa shape index (κ3) is 45.1. The Balaban J connectivity index is -0.0000000482. The van der Waals surface area contributed by atoms with Gasteiger partial charge in [0.2, 0.25) is 5.91 Å². The summed E-state index contributed by atoms with van der Waals surface area (Å²) in [6, 6.07) is -0.886. The molecule has 0 fully saturated rings. The molecule has 3 unspecified atom stereocenters. The van der Waals surface area contributed by atoms with Crippen molar-refractivity contribution in [1.82, 2.24) is 16.0 Å². The first-order chi connectivity index (χ1) is 15.9. The summed E-state index contributed by atoms with van der Waals surface area (Å²) >= 11 is 0. The van der Waals surface area contributed by atoms with Crippen LogP contribution in [-0.4, -0.2) is 74.3 Å². The van der Waals surface area contributed by atoms with Crippen LogP contribution in [0.5, 0.6) is 0 Å². The summed E-state index contributed by atoms with van der Waals surface area (Å²) in [6.07, 6.45) is 2.07. The molecule has 0 aliphatic carbocycles. The molecule has 0 aliphatic heterocycles. The smallest absolute Gasteiger partial charge is 0.307 e. The number of carbonyl (C=O) groups excluding carboxylic acids is 6. The number of methoxy groups -OCH3 is 1. The number of amides is 1. The van der Waals surface area contributed by atoms with E-state index in [9.17, 15) is 28.8 Å². The van der Waals surface area contributed by atoms with Crippen LogP contribution in [0.4, 0.5) is 0 Å². The third-order valence-corrected chi connectivity index (χ3v) is 5.00. The second-order valence-corrected chi connectivity index (χ2v) is 8.06. The van der Waals surface area contributed by atoms with Gasteiger partial charge in [-0.3, -0.25) is 24.0 Å². The summed E-state index contributed by atoms with van der Waals surface area (Å²) in [5, 5.41) is 8.48. The molecule has 11 heteroatoms. The van der Waals surface area contributed by atoms with E-state index in [1.165, 1.54) is 14.0 Å². The maximum Gasteiger partial charge on any atom is 0.307 e. The first-order valence-corrected chi connectivity index (χ1v) is 11.5. The van der Waals surface area contributed by atoms with Crippen LogP contribution in [0.2, 0.25) is 0 Å². The minimum atomic E-state index is -0.493. The predicted octanol–water partition coefficient (Wildman–Crippen LogP) is 6.18. The number of esters is 1. The van der Waals surface area contributed by atoms with E-state index in [4.69, 9.17) is 0 Å². The summed E-state index contributed by atoms with van der Waals surface area (Å²) in [4.78, 5) is 67.6. The molecule has 1 amide bonds. The van der Waals surface area contributed by atoms with E-state index >= 15 is 0 Å². The van der Waals surface area contributed by atoms with E-state index in [0.717, 1.165) is 0 Å². The Hall–Kier alpha value is -1.49. The van der Waals surface area contributed by atoms with Crippen molar-refractivity contribution >= 4 is 35.0 Å². The van der Waals surface area contributed by atoms with Crippen molar-refractivity contribution in [3.05, 3.63) is 6.92 Å². The molecule has 10 nitrogen and oxygen atoms in total. The number of rotatable bonds is 17. The van der Waals surface area contributed by atoms with Crippen LogP contribution in [0.15, 0.2) is 0 Å². The number of hydrogen-bond acceptors (Lipinski definition) is 9. The van der Waals surface area contributed by atoms with Crippen LogP contribution in [0.3, 0.4) is 0 Å². The van der Waals surface area contributed by atoms with Crippen LogP contribution >= 0.6 is 0 Å². The first kappa shape index (κ1) is 73.2. The van der Waals surface area contributed by atoms with E-state index in [1.54, 1.807) is 21.0 Å². The Morgan fingerprint density at radius 2 is 1.00 bits per heavy atom. The quantitative estimate of drug-likeness (QED) is 0.119. The molecule has 0 rings (SSSR count). The standard InChI is InChI=1S/C15H26N2O5.C9H16NO2.8CH4.Y/c1-5-13(19)7-12(6-10(2)18)17-14(20)8-11(16-3)9-15(21)22-4;1-4-9(12)6-8(10-3)5-7(2)11;;;;;;;;;/h11-12,16H,5-9H2,1-4H3,(H,17,20);8,10H,2,4-6H2,1,3H3;8*1H4;/q;-1;;;;;;;;;. The van der Waals surface area contributed by atoms with Gasteiger partial charge in [-0.15, -0.1) is 0 Å². The molecule has 0 heterocycles. The molecule has 43 heavy (non-hydrogen) atoms. The van der Waals surface area contributed by atoms with Crippen LogP contribution in [0, 0.1) is 6.92 Å². The zero-order valence-electron chi connectivity index (χ0n) is 22.0. The summed E-state index contributed by atoms with van der Waals surface area (Å²) in [5.41, 5.74) is 0. The molecule has 0 aromatic heterocycles. The minimum absolute atomic E-state index is 0. The summed E-state index contributed by atoms with van der Waals surface area (Å²) < 4.78 is 4.57. The molecule has 3 N–H and O–H groups in total. The second-order valence-electron chi connectivity index (χ2n) is 8.06. The van der Waals surface area contributed by atoms with Crippen molar-refractivity contribution in [2.45, 2.75) is 150 Å². The Morgan fingerprint density at radius 1 is 0.628 bits per heavy atom.